The third-order valence-corrected chi connectivity index (χ3v) is 3.57. The second kappa shape index (κ2) is 6.10. The zero-order valence-corrected chi connectivity index (χ0v) is 12.1. The molecule has 0 fully saturated rings. The van der Waals surface area contributed by atoms with Gasteiger partial charge in [0.2, 0.25) is 0 Å². The fourth-order valence-electron chi connectivity index (χ4n) is 1.84. The first-order valence-electron chi connectivity index (χ1n) is 5.61. The number of rotatable bonds is 3. The highest BCUT2D eigenvalue weighted by molar-refractivity contribution is 6.34. The van der Waals surface area contributed by atoms with E-state index in [4.69, 9.17) is 40.5 Å². The van der Waals surface area contributed by atoms with Gasteiger partial charge >= 0.3 is 0 Å². The van der Waals surface area contributed by atoms with E-state index in [9.17, 15) is 4.39 Å². The molecule has 2 aromatic carbocycles. The van der Waals surface area contributed by atoms with Gasteiger partial charge in [-0.15, -0.1) is 0 Å². The van der Waals surface area contributed by atoms with Crippen LogP contribution in [-0.2, 0) is 6.42 Å². The van der Waals surface area contributed by atoms with Crippen molar-refractivity contribution in [2.45, 2.75) is 12.5 Å². The zero-order valence-electron chi connectivity index (χ0n) is 9.84. The van der Waals surface area contributed by atoms with Gasteiger partial charge < -0.3 is 5.73 Å². The predicted molar refractivity (Wildman–Crippen MR) is 78.5 cm³/mol. The lowest BCUT2D eigenvalue weighted by molar-refractivity contribution is 0.622. The molecule has 0 aliphatic rings. The average Bonchev–Trinajstić information content (AvgIpc) is 2.32. The van der Waals surface area contributed by atoms with E-state index >= 15 is 0 Å². The summed E-state index contributed by atoms with van der Waals surface area (Å²) < 4.78 is 13.2. The molecule has 1 unspecified atom stereocenters. The van der Waals surface area contributed by atoms with E-state index < -0.39 is 0 Å². The zero-order chi connectivity index (χ0) is 14.0. The number of halogens is 4. The quantitative estimate of drug-likeness (QED) is 0.844. The van der Waals surface area contributed by atoms with Gasteiger partial charge in [0.05, 0.1) is 0 Å². The van der Waals surface area contributed by atoms with Crippen LogP contribution in [0.3, 0.4) is 0 Å². The first kappa shape index (κ1) is 14.6. The Morgan fingerprint density at radius 3 is 2.26 bits per heavy atom. The van der Waals surface area contributed by atoms with Crippen LogP contribution in [0.5, 0.6) is 0 Å². The SMILES string of the molecule is NC(Cc1cc(F)ccc1Cl)c1cc(Cl)cc(Cl)c1. The molecule has 2 N–H and O–H groups in total. The first-order chi connectivity index (χ1) is 8.95. The van der Waals surface area contributed by atoms with Gasteiger partial charge in [-0.3, -0.25) is 0 Å². The maximum atomic E-state index is 13.2. The van der Waals surface area contributed by atoms with Gasteiger partial charge in [0.25, 0.3) is 0 Å². The largest absolute Gasteiger partial charge is 0.324 e. The topological polar surface area (TPSA) is 26.0 Å². The lowest BCUT2D eigenvalue weighted by Gasteiger charge is -2.14. The first-order valence-corrected chi connectivity index (χ1v) is 6.74. The molecule has 0 aliphatic heterocycles. The van der Waals surface area contributed by atoms with Crippen LogP contribution in [0.25, 0.3) is 0 Å². The van der Waals surface area contributed by atoms with Gasteiger partial charge in [-0.2, -0.15) is 0 Å². The third kappa shape index (κ3) is 3.83. The Labute approximate surface area is 126 Å². The summed E-state index contributed by atoms with van der Waals surface area (Å²) in [7, 11) is 0. The molecule has 0 aliphatic carbocycles. The summed E-state index contributed by atoms with van der Waals surface area (Å²) in [6, 6.07) is 8.98. The average molecular weight is 319 g/mol. The van der Waals surface area contributed by atoms with Crippen LogP contribution < -0.4 is 5.73 Å². The molecular weight excluding hydrogens is 308 g/mol. The standard InChI is InChI=1S/C14H11Cl3FN/c15-10-3-9(4-11(16)7-10)14(19)6-8-5-12(18)1-2-13(8)17/h1-5,7,14H,6,19H2. The van der Waals surface area contributed by atoms with Crippen LogP contribution in [0.2, 0.25) is 15.1 Å². The minimum Gasteiger partial charge on any atom is -0.324 e. The highest BCUT2D eigenvalue weighted by Gasteiger charge is 2.12. The predicted octanol–water partition coefficient (Wildman–Crippen LogP) is 5.03. The third-order valence-electron chi connectivity index (χ3n) is 2.76. The molecule has 0 amide bonds. The van der Waals surface area contributed by atoms with Crippen LogP contribution in [0.1, 0.15) is 17.2 Å². The smallest absolute Gasteiger partial charge is 0.123 e. The van der Waals surface area contributed by atoms with Gasteiger partial charge in [-0.25, -0.2) is 4.39 Å². The molecule has 2 aromatic rings. The Morgan fingerprint density at radius 2 is 1.63 bits per heavy atom. The van der Waals surface area contributed by atoms with E-state index in [1.807, 2.05) is 0 Å². The van der Waals surface area contributed by atoms with Crippen molar-refractivity contribution in [2.75, 3.05) is 0 Å². The van der Waals surface area contributed by atoms with Crippen molar-refractivity contribution >= 4 is 34.8 Å². The molecule has 100 valence electrons. The maximum absolute atomic E-state index is 13.2. The molecule has 5 heteroatoms. The van der Waals surface area contributed by atoms with Crippen LogP contribution in [0.15, 0.2) is 36.4 Å². The Balaban J connectivity index is 2.25. The van der Waals surface area contributed by atoms with E-state index in [1.54, 1.807) is 18.2 Å². The molecule has 0 aromatic heterocycles. The maximum Gasteiger partial charge on any atom is 0.123 e. The normalized spacial score (nSPS) is 12.5. The molecule has 0 bridgehead atoms. The monoisotopic (exact) mass is 317 g/mol. The van der Waals surface area contributed by atoms with Gasteiger partial charge in [0.15, 0.2) is 0 Å². The minimum absolute atomic E-state index is 0.337. The molecule has 1 nitrogen and oxygen atoms in total. The molecule has 0 radical (unpaired) electrons. The molecule has 19 heavy (non-hydrogen) atoms. The van der Waals surface area contributed by atoms with E-state index in [0.29, 0.717) is 27.1 Å². The summed E-state index contributed by atoms with van der Waals surface area (Å²) in [5.74, 6) is -0.337. The summed E-state index contributed by atoms with van der Waals surface area (Å²) in [5.41, 5.74) is 7.53. The molecule has 0 heterocycles. The molecule has 1 atom stereocenters. The van der Waals surface area contributed by atoms with Crippen molar-refractivity contribution in [1.29, 1.82) is 0 Å². The summed E-state index contributed by atoms with van der Waals surface area (Å²) in [4.78, 5) is 0. The second-order valence-corrected chi connectivity index (χ2v) is 5.53. The Kier molecular flexibility index (Phi) is 4.69. The van der Waals surface area contributed by atoms with Crippen LogP contribution in [0.4, 0.5) is 4.39 Å². The molecule has 0 spiro atoms. The summed E-state index contributed by atoms with van der Waals surface area (Å²) in [6.07, 6.45) is 0.410. The summed E-state index contributed by atoms with van der Waals surface area (Å²) in [5, 5.41) is 1.52. The van der Waals surface area contributed by atoms with Crippen LogP contribution in [0, 0.1) is 5.82 Å². The van der Waals surface area contributed by atoms with Crippen molar-refractivity contribution in [3.05, 3.63) is 68.4 Å². The summed E-state index contributed by atoms with van der Waals surface area (Å²) >= 11 is 17.9. The number of hydrogen-bond donors (Lipinski definition) is 1. The van der Waals surface area contributed by atoms with Crippen molar-refractivity contribution in [3.63, 3.8) is 0 Å². The number of benzene rings is 2. The molecule has 0 saturated carbocycles. The van der Waals surface area contributed by atoms with E-state index in [2.05, 4.69) is 0 Å². The number of nitrogens with two attached hydrogens (primary N) is 1. The summed E-state index contributed by atoms with van der Waals surface area (Å²) in [6.45, 7) is 0. The van der Waals surface area contributed by atoms with Crippen molar-refractivity contribution < 1.29 is 4.39 Å². The lowest BCUT2D eigenvalue weighted by Crippen LogP contribution is -2.13. The Bertz CT molecular complexity index is 581. The van der Waals surface area contributed by atoms with Crippen molar-refractivity contribution in [2.24, 2.45) is 5.73 Å². The highest BCUT2D eigenvalue weighted by Crippen LogP contribution is 2.27. The second-order valence-electron chi connectivity index (χ2n) is 4.25. The Hall–Kier alpha value is -0.800. The minimum atomic E-state index is -0.351. The van der Waals surface area contributed by atoms with Crippen LogP contribution in [-0.4, -0.2) is 0 Å². The fourth-order valence-corrected chi connectivity index (χ4v) is 2.58. The van der Waals surface area contributed by atoms with Gasteiger partial charge in [0.1, 0.15) is 5.82 Å². The molecular formula is C14H11Cl3FN. The van der Waals surface area contributed by atoms with Crippen LogP contribution >= 0.6 is 34.8 Å². The lowest BCUT2D eigenvalue weighted by atomic mass is 9.99. The van der Waals surface area contributed by atoms with Crippen molar-refractivity contribution in [3.8, 4) is 0 Å². The fraction of sp³-hybridized carbons (Fsp3) is 0.143. The molecule has 2 rings (SSSR count). The van der Waals surface area contributed by atoms with Gasteiger partial charge in [0, 0.05) is 21.1 Å². The van der Waals surface area contributed by atoms with Gasteiger partial charge in [-0.1, -0.05) is 34.8 Å². The highest BCUT2D eigenvalue weighted by atomic mass is 35.5. The van der Waals surface area contributed by atoms with Crippen molar-refractivity contribution in [1.82, 2.24) is 0 Å². The molecule has 0 saturated heterocycles. The van der Waals surface area contributed by atoms with E-state index in [1.165, 1.54) is 18.2 Å². The van der Waals surface area contributed by atoms with E-state index in [-0.39, 0.29) is 11.9 Å². The van der Waals surface area contributed by atoms with Gasteiger partial charge in [-0.05, 0) is 53.9 Å². The Morgan fingerprint density at radius 1 is 1.00 bits per heavy atom. The van der Waals surface area contributed by atoms with E-state index in [0.717, 1.165) is 5.56 Å². The number of hydrogen-bond acceptors (Lipinski definition) is 1.